The molecule has 0 radical (unpaired) electrons. The molecule has 0 bridgehead atoms. The van der Waals surface area contributed by atoms with Gasteiger partial charge >= 0.3 is 5.97 Å². The average molecular weight is 277 g/mol. The maximum absolute atomic E-state index is 12.4. The van der Waals surface area contributed by atoms with Crippen molar-refractivity contribution in [3.8, 4) is 0 Å². The van der Waals surface area contributed by atoms with Crippen LogP contribution in [0.4, 0.5) is 0 Å². The lowest BCUT2D eigenvalue weighted by molar-refractivity contribution is -0.137. The molecule has 6 heteroatoms. The van der Waals surface area contributed by atoms with Gasteiger partial charge in [0.25, 0.3) is 5.91 Å². The molecule has 1 aromatic heterocycles. The van der Waals surface area contributed by atoms with Gasteiger partial charge in [-0.15, -0.1) is 0 Å². The van der Waals surface area contributed by atoms with Crippen LogP contribution in [0.15, 0.2) is 12.3 Å². The molecule has 2 heterocycles. The van der Waals surface area contributed by atoms with Gasteiger partial charge in [0.15, 0.2) is 0 Å². The van der Waals surface area contributed by atoms with Crippen LogP contribution >= 0.6 is 0 Å². The molecule has 1 atom stereocenters. The Labute approximate surface area is 117 Å². The fourth-order valence-corrected chi connectivity index (χ4v) is 2.55. The van der Waals surface area contributed by atoms with E-state index in [4.69, 9.17) is 5.11 Å². The summed E-state index contributed by atoms with van der Waals surface area (Å²) in [6.45, 7) is 3.09. The molecule has 108 valence electrons. The summed E-state index contributed by atoms with van der Waals surface area (Å²) < 4.78 is 0. The summed E-state index contributed by atoms with van der Waals surface area (Å²) in [5.74, 6) is -0.0163. The molecule has 1 saturated heterocycles. The van der Waals surface area contributed by atoms with Crippen LogP contribution in [-0.2, 0) is 4.79 Å². The number of nitrogens with zero attached hydrogens (tertiary/aromatic N) is 3. The number of carboxylic acid groups (broad SMARTS) is 1. The Morgan fingerprint density at radius 2 is 2.30 bits per heavy atom. The standard InChI is InChI=1S/C14H19N3O3/c1-10-15-7-6-12(16-10)14(20)17-8-2-3-11(9-17)4-5-13(18)19/h6-7,11H,2-5,8-9H2,1H3,(H,18,19). The van der Waals surface area contributed by atoms with Crippen LogP contribution < -0.4 is 0 Å². The minimum absolute atomic E-state index is 0.0875. The third-order valence-electron chi connectivity index (χ3n) is 3.57. The van der Waals surface area contributed by atoms with Crippen molar-refractivity contribution in [3.05, 3.63) is 23.8 Å². The van der Waals surface area contributed by atoms with Crippen LogP contribution in [0.5, 0.6) is 0 Å². The van der Waals surface area contributed by atoms with Crippen molar-refractivity contribution in [2.24, 2.45) is 5.92 Å². The second-order valence-corrected chi connectivity index (χ2v) is 5.18. The van der Waals surface area contributed by atoms with E-state index in [2.05, 4.69) is 9.97 Å². The molecule has 1 N–H and O–H groups in total. The molecule has 6 nitrogen and oxygen atoms in total. The monoisotopic (exact) mass is 277 g/mol. The lowest BCUT2D eigenvalue weighted by Crippen LogP contribution is -2.40. The number of aromatic nitrogens is 2. The molecular formula is C14H19N3O3. The van der Waals surface area contributed by atoms with Crippen molar-refractivity contribution in [1.29, 1.82) is 0 Å². The van der Waals surface area contributed by atoms with Gasteiger partial charge in [-0.25, -0.2) is 9.97 Å². The highest BCUT2D eigenvalue weighted by molar-refractivity contribution is 5.92. The lowest BCUT2D eigenvalue weighted by Gasteiger charge is -2.32. The number of rotatable bonds is 4. The zero-order chi connectivity index (χ0) is 14.5. The van der Waals surface area contributed by atoms with Gasteiger partial charge in [0.2, 0.25) is 0 Å². The molecule has 1 fully saturated rings. The van der Waals surface area contributed by atoms with E-state index < -0.39 is 5.97 Å². The van der Waals surface area contributed by atoms with E-state index in [0.29, 0.717) is 31.0 Å². The molecule has 1 aliphatic rings. The SMILES string of the molecule is Cc1nccc(C(=O)N2CCCC(CCC(=O)O)C2)n1. The number of likely N-dealkylation sites (tertiary alicyclic amines) is 1. The van der Waals surface area contributed by atoms with Gasteiger partial charge in [-0.2, -0.15) is 0 Å². The van der Waals surface area contributed by atoms with Gasteiger partial charge in [0, 0.05) is 25.7 Å². The van der Waals surface area contributed by atoms with Crippen LogP contribution in [0, 0.1) is 12.8 Å². The van der Waals surface area contributed by atoms with E-state index in [1.54, 1.807) is 24.1 Å². The van der Waals surface area contributed by atoms with Crippen molar-refractivity contribution < 1.29 is 14.7 Å². The summed E-state index contributed by atoms with van der Waals surface area (Å²) in [6.07, 6.45) is 4.28. The Morgan fingerprint density at radius 3 is 3.00 bits per heavy atom. The lowest BCUT2D eigenvalue weighted by atomic mass is 9.93. The molecular weight excluding hydrogens is 258 g/mol. The summed E-state index contributed by atoms with van der Waals surface area (Å²) in [5, 5.41) is 8.73. The van der Waals surface area contributed by atoms with Crippen molar-refractivity contribution in [2.45, 2.75) is 32.6 Å². The normalized spacial score (nSPS) is 18.9. The number of hydrogen-bond donors (Lipinski definition) is 1. The minimum Gasteiger partial charge on any atom is -0.481 e. The van der Waals surface area contributed by atoms with E-state index in [9.17, 15) is 9.59 Å². The number of aliphatic carboxylic acids is 1. The first-order valence-corrected chi connectivity index (χ1v) is 6.87. The first-order valence-electron chi connectivity index (χ1n) is 6.87. The van der Waals surface area contributed by atoms with Gasteiger partial charge in [-0.1, -0.05) is 0 Å². The van der Waals surface area contributed by atoms with Crippen molar-refractivity contribution in [3.63, 3.8) is 0 Å². The molecule has 0 spiro atoms. The fraction of sp³-hybridized carbons (Fsp3) is 0.571. The number of carbonyl (C=O) groups excluding carboxylic acids is 1. The number of carboxylic acids is 1. The van der Waals surface area contributed by atoms with Gasteiger partial charge in [-0.05, 0) is 38.2 Å². The number of aryl methyl sites for hydroxylation is 1. The maximum Gasteiger partial charge on any atom is 0.303 e. The Bertz CT molecular complexity index is 504. The average Bonchev–Trinajstić information content (AvgIpc) is 2.44. The van der Waals surface area contributed by atoms with Crippen LogP contribution in [-0.4, -0.2) is 44.9 Å². The van der Waals surface area contributed by atoms with Crippen LogP contribution in [0.25, 0.3) is 0 Å². The van der Waals surface area contributed by atoms with E-state index in [1.165, 1.54) is 0 Å². The van der Waals surface area contributed by atoms with Crippen LogP contribution in [0.2, 0.25) is 0 Å². The summed E-state index contributed by atoms with van der Waals surface area (Å²) in [4.78, 5) is 32.9. The van der Waals surface area contributed by atoms with Gasteiger partial charge < -0.3 is 10.0 Å². The van der Waals surface area contributed by atoms with E-state index in [0.717, 1.165) is 12.8 Å². The molecule has 2 rings (SSSR count). The summed E-state index contributed by atoms with van der Waals surface area (Å²) in [7, 11) is 0. The second-order valence-electron chi connectivity index (χ2n) is 5.18. The molecule has 0 aliphatic carbocycles. The summed E-state index contributed by atoms with van der Waals surface area (Å²) in [5.41, 5.74) is 0.413. The Balaban J connectivity index is 1.98. The van der Waals surface area contributed by atoms with Gasteiger partial charge in [0.1, 0.15) is 11.5 Å². The largest absolute Gasteiger partial charge is 0.481 e. The second kappa shape index (κ2) is 6.45. The van der Waals surface area contributed by atoms with Gasteiger partial charge in [0.05, 0.1) is 0 Å². The van der Waals surface area contributed by atoms with Crippen molar-refractivity contribution in [2.75, 3.05) is 13.1 Å². The van der Waals surface area contributed by atoms with Crippen molar-refractivity contribution in [1.82, 2.24) is 14.9 Å². The third kappa shape index (κ3) is 3.76. The molecule has 1 aromatic rings. The molecule has 1 unspecified atom stereocenters. The fourth-order valence-electron chi connectivity index (χ4n) is 2.55. The maximum atomic E-state index is 12.4. The number of hydrogen-bond acceptors (Lipinski definition) is 4. The minimum atomic E-state index is -0.778. The number of amides is 1. The summed E-state index contributed by atoms with van der Waals surface area (Å²) >= 11 is 0. The topological polar surface area (TPSA) is 83.4 Å². The quantitative estimate of drug-likeness (QED) is 0.901. The van der Waals surface area contributed by atoms with Crippen LogP contribution in [0.3, 0.4) is 0 Å². The Hall–Kier alpha value is -1.98. The highest BCUT2D eigenvalue weighted by Gasteiger charge is 2.25. The molecule has 0 saturated carbocycles. The first kappa shape index (κ1) is 14.4. The zero-order valence-corrected chi connectivity index (χ0v) is 11.6. The number of piperidine rings is 1. The number of carbonyl (C=O) groups is 2. The predicted molar refractivity (Wildman–Crippen MR) is 72.3 cm³/mol. The Morgan fingerprint density at radius 1 is 1.50 bits per heavy atom. The van der Waals surface area contributed by atoms with Crippen molar-refractivity contribution >= 4 is 11.9 Å². The van der Waals surface area contributed by atoms with E-state index in [1.807, 2.05) is 0 Å². The summed E-state index contributed by atoms with van der Waals surface area (Å²) in [6, 6.07) is 1.62. The van der Waals surface area contributed by atoms with Crippen LogP contribution in [0.1, 0.15) is 42.0 Å². The van der Waals surface area contributed by atoms with Gasteiger partial charge in [-0.3, -0.25) is 9.59 Å². The molecule has 20 heavy (non-hydrogen) atoms. The predicted octanol–water partition coefficient (Wildman–Crippen LogP) is 1.50. The highest BCUT2D eigenvalue weighted by Crippen LogP contribution is 2.22. The first-order chi connectivity index (χ1) is 9.56. The van der Waals surface area contributed by atoms with E-state index >= 15 is 0 Å². The molecule has 1 aliphatic heterocycles. The molecule has 1 amide bonds. The molecule has 0 aromatic carbocycles. The Kier molecular flexibility index (Phi) is 4.65. The third-order valence-corrected chi connectivity index (χ3v) is 3.57. The van der Waals surface area contributed by atoms with E-state index in [-0.39, 0.29) is 18.2 Å². The smallest absolute Gasteiger partial charge is 0.303 e. The highest BCUT2D eigenvalue weighted by atomic mass is 16.4. The zero-order valence-electron chi connectivity index (χ0n) is 11.6.